The number of epoxide rings is 1. The number of ether oxygens (including phenoxy) is 3. The van der Waals surface area contributed by atoms with Crippen LogP contribution in [0, 0.1) is 5.92 Å². The van der Waals surface area contributed by atoms with Crippen molar-refractivity contribution in [2.45, 2.75) is 57.6 Å². The fourth-order valence-electron chi connectivity index (χ4n) is 3.30. The van der Waals surface area contributed by atoms with Gasteiger partial charge in [-0.1, -0.05) is 11.6 Å². The summed E-state index contributed by atoms with van der Waals surface area (Å²) in [6.07, 6.45) is -0.251. The summed E-state index contributed by atoms with van der Waals surface area (Å²) in [6, 6.07) is 0. The predicted octanol–water partition coefficient (Wildman–Crippen LogP) is 2.46. The van der Waals surface area contributed by atoms with Gasteiger partial charge < -0.3 is 14.2 Å². The molecule has 5 heteroatoms. The van der Waals surface area contributed by atoms with Crippen molar-refractivity contribution in [2.75, 3.05) is 20.3 Å². The lowest BCUT2D eigenvalue weighted by Gasteiger charge is -2.44. The number of carbonyl (C=O) groups is 1. The van der Waals surface area contributed by atoms with E-state index in [2.05, 4.69) is 0 Å². The summed E-state index contributed by atoms with van der Waals surface area (Å²) in [5, 5.41) is 0. The molecule has 4 atom stereocenters. The second-order valence-corrected chi connectivity index (χ2v) is 6.76. The normalized spacial score (nSPS) is 35.9. The standard InChI is InChI=1S/C16H25FO4/c1-10(2)6-7-20-15(3,4)14-13(19-5)12(18)11(17)8-16(14)9-21-16/h6,11,13-14H,7-9H2,1-5H3/t11-,13-,14-,16+/m1/s1. The third-order valence-corrected chi connectivity index (χ3v) is 4.45. The molecule has 1 saturated carbocycles. The van der Waals surface area contributed by atoms with Crippen molar-refractivity contribution >= 4 is 5.78 Å². The van der Waals surface area contributed by atoms with Gasteiger partial charge in [-0.2, -0.15) is 0 Å². The van der Waals surface area contributed by atoms with Crippen molar-refractivity contribution in [3.8, 4) is 0 Å². The average Bonchev–Trinajstić information content (AvgIpc) is 3.12. The molecule has 2 fully saturated rings. The second kappa shape index (κ2) is 5.78. The molecule has 0 unspecified atom stereocenters. The minimum absolute atomic E-state index is 0.103. The Hall–Kier alpha value is -0.780. The molecule has 0 bridgehead atoms. The molecule has 0 N–H and O–H groups in total. The fraction of sp³-hybridized carbons (Fsp3) is 0.812. The molecule has 1 aliphatic carbocycles. The number of hydrogen-bond acceptors (Lipinski definition) is 4. The number of hydrogen-bond donors (Lipinski definition) is 0. The minimum Gasteiger partial charge on any atom is -0.373 e. The fourth-order valence-corrected chi connectivity index (χ4v) is 3.30. The molecule has 0 aromatic heterocycles. The van der Waals surface area contributed by atoms with Gasteiger partial charge in [0.25, 0.3) is 0 Å². The number of alkyl halides is 1. The smallest absolute Gasteiger partial charge is 0.196 e. The van der Waals surface area contributed by atoms with Gasteiger partial charge >= 0.3 is 0 Å². The van der Waals surface area contributed by atoms with E-state index in [1.165, 1.54) is 7.11 Å². The van der Waals surface area contributed by atoms with Crippen molar-refractivity contribution in [1.29, 1.82) is 0 Å². The maximum Gasteiger partial charge on any atom is 0.196 e. The van der Waals surface area contributed by atoms with Crippen molar-refractivity contribution in [2.24, 2.45) is 5.92 Å². The molecular weight excluding hydrogens is 275 g/mol. The van der Waals surface area contributed by atoms with Crippen molar-refractivity contribution in [3.63, 3.8) is 0 Å². The van der Waals surface area contributed by atoms with E-state index in [4.69, 9.17) is 14.2 Å². The van der Waals surface area contributed by atoms with E-state index in [0.717, 1.165) is 5.57 Å². The molecule has 1 saturated heterocycles. The Morgan fingerprint density at radius 3 is 2.62 bits per heavy atom. The van der Waals surface area contributed by atoms with Crippen LogP contribution in [0.2, 0.25) is 0 Å². The van der Waals surface area contributed by atoms with Gasteiger partial charge in [0.2, 0.25) is 0 Å². The zero-order valence-corrected chi connectivity index (χ0v) is 13.4. The Labute approximate surface area is 125 Å². The van der Waals surface area contributed by atoms with Gasteiger partial charge in [-0.25, -0.2) is 4.39 Å². The lowest BCUT2D eigenvalue weighted by molar-refractivity contribution is -0.169. The van der Waals surface area contributed by atoms with Crippen LogP contribution in [0.3, 0.4) is 0 Å². The third kappa shape index (κ3) is 3.20. The molecule has 0 aromatic rings. The number of allylic oxidation sites excluding steroid dienone is 1. The Morgan fingerprint density at radius 1 is 1.52 bits per heavy atom. The summed E-state index contributed by atoms with van der Waals surface area (Å²) in [6.45, 7) is 8.73. The number of carbonyl (C=O) groups excluding carboxylic acids is 1. The van der Waals surface area contributed by atoms with Gasteiger partial charge in [-0.05, 0) is 27.7 Å². The van der Waals surface area contributed by atoms with Crippen LogP contribution in [0.4, 0.5) is 4.39 Å². The van der Waals surface area contributed by atoms with Gasteiger partial charge in [0.15, 0.2) is 12.0 Å². The van der Waals surface area contributed by atoms with E-state index in [0.29, 0.717) is 13.2 Å². The lowest BCUT2D eigenvalue weighted by atomic mass is 9.68. The van der Waals surface area contributed by atoms with E-state index < -0.39 is 29.3 Å². The van der Waals surface area contributed by atoms with Crippen molar-refractivity contribution in [3.05, 3.63) is 11.6 Å². The maximum atomic E-state index is 13.9. The predicted molar refractivity (Wildman–Crippen MR) is 77.0 cm³/mol. The summed E-state index contributed by atoms with van der Waals surface area (Å²) >= 11 is 0. The minimum atomic E-state index is -1.51. The van der Waals surface area contributed by atoms with Crippen molar-refractivity contribution in [1.82, 2.24) is 0 Å². The van der Waals surface area contributed by atoms with Crippen LogP contribution < -0.4 is 0 Å². The number of rotatable bonds is 5. The van der Waals surface area contributed by atoms with Crippen LogP contribution in [-0.2, 0) is 19.0 Å². The van der Waals surface area contributed by atoms with Crippen LogP contribution in [0.1, 0.15) is 34.1 Å². The first-order valence-corrected chi connectivity index (χ1v) is 7.35. The first-order chi connectivity index (χ1) is 9.73. The van der Waals surface area contributed by atoms with E-state index in [9.17, 15) is 9.18 Å². The summed E-state index contributed by atoms with van der Waals surface area (Å²) in [5.41, 5.74) is -0.100. The van der Waals surface area contributed by atoms with Gasteiger partial charge in [0, 0.05) is 13.5 Å². The van der Waals surface area contributed by atoms with Gasteiger partial charge in [-0.15, -0.1) is 0 Å². The molecule has 2 rings (SSSR count). The Kier molecular flexibility index (Phi) is 4.57. The van der Waals surface area contributed by atoms with Crippen LogP contribution in [0.5, 0.6) is 0 Å². The second-order valence-electron chi connectivity index (χ2n) is 6.76. The van der Waals surface area contributed by atoms with Crippen molar-refractivity contribution < 1.29 is 23.4 Å². The molecule has 1 spiro atoms. The molecular formula is C16H25FO4. The van der Waals surface area contributed by atoms with E-state index in [-0.39, 0.29) is 12.3 Å². The Balaban J connectivity index is 2.21. The highest BCUT2D eigenvalue weighted by Crippen LogP contribution is 2.51. The molecule has 21 heavy (non-hydrogen) atoms. The summed E-state index contributed by atoms with van der Waals surface area (Å²) in [5.74, 6) is -0.803. The van der Waals surface area contributed by atoms with Crippen LogP contribution in [0.15, 0.2) is 11.6 Å². The molecule has 0 radical (unpaired) electrons. The zero-order chi connectivity index (χ0) is 15.8. The highest BCUT2D eigenvalue weighted by atomic mass is 19.1. The largest absolute Gasteiger partial charge is 0.373 e. The van der Waals surface area contributed by atoms with E-state index in [1.54, 1.807) is 0 Å². The molecule has 0 amide bonds. The molecule has 120 valence electrons. The Morgan fingerprint density at radius 2 is 2.14 bits per heavy atom. The maximum absolute atomic E-state index is 13.9. The molecule has 0 aromatic carbocycles. The highest BCUT2D eigenvalue weighted by Gasteiger charge is 2.66. The summed E-state index contributed by atoms with van der Waals surface area (Å²) in [4.78, 5) is 12.1. The van der Waals surface area contributed by atoms with Crippen LogP contribution >= 0.6 is 0 Å². The number of methoxy groups -OCH3 is 1. The first kappa shape index (κ1) is 16.6. The number of Topliss-reactive ketones (excluding diaryl/α,β-unsaturated/α-hetero) is 1. The average molecular weight is 300 g/mol. The zero-order valence-electron chi connectivity index (χ0n) is 13.4. The molecule has 1 aliphatic heterocycles. The molecule has 1 heterocycles. The van der Waals surface area contributed by atoms with E-state index in [1.807, 2.05) is 33.8 Å². The van der Waals surface area contributed by atoms with E-state index >= 15 is 0 Å². The van der Waals surface area contributed by atoms with Crippen LogP contribution in [-0.4, -0.2) is 49.6 Å². The SMILES string of the molecule is CO[C@@H]1C(=O)[C@H](F)C[C@]2(CO2)[C@H]1C(C)(C)OCC=C(C)C. The molecule has 4 nitrogen and oxygen atoms in total. The monoisotopic (exact) mass is 300 g/mol. The number of ketones is 1. The van der Waals surface area contributed by atoms with Gasteiger partial charge in [0.1, 0.15) is 11.7 Å². The Bertz CT molecular complexity index is 436. The topological polar surface area (TPSA) is 48.1 Å². The summed E-state index contributed by atoms with van der Waals surface area (Å²) in [7, 11) is 1.44. The lowest BCUT2D eigenvalue weighted by Crippen LogP contribution is -2.59. The summed E-state index contributed by atoms with van der Waals surface area (Å²) < 4.78 is 30.7. The molecule has 2 aliphatic rings. The highest BCUT2D eigenvalue weighted by molar-refractivity contribution is 5.89. The van der Waals surface area contributed by atoms with Gasteiger partial charge in [0.05, 0.1) is 24.7 Å². The quantitative estimate of drug-likeness (QED) is 0.578. The van der Waals surface area contributed by atoms with Gasteiger partial charge in [-0.3, -0.25) is 4.79 Å². The van der Waals surface area contributed by atoms with Crippen LogP contribution in [0.25, 0.3) is 0 Å². The number of halogens is 1. The third-order valence-electron chi connectivity index (χ3n) is 4.45. The first-order valence-electron chi connectivity index (χ1n) is 7.35.